The molecule has 7 atom stereocenters. The lowest BCUT2D eigenvalue weighted by molar-refractivity contribution is -0.394. The molecule has 0 aromatic carbocycles. The van der Waals surface area contributed by atoms with Crippen LogP contribution < -0.4 is 10.6 Å². The average Bonchev–Trinajstić information content (AvgIpc) is 3.42. The van der Waals surface area contributed by atoms with Gasteiger partial charge in [0.15, 0.2) is 24.6 Å². The molecule has 16 heteroatoms. The van der Waals surface area contributed by atoms with Crippen LogP contribution in [0.5, 0.6) is 0 Å². The summed E-state index contributed by atoms with van der Waals surface area (Å²) in [6, 6.07) is -0.269. The van der Waals surface area contributed by atoms with Crippen LogP contribution in [0.2, 0.25) is 0 Å². The van der Waals surface area contributed by atoms with Crippen LogP contribution in [0.3, 0.4) is 0 Å². The zero-order chi connectivity index (χ0) is 33.6. The number of fused-ring (bicyclic) bond motifs is 1. The highest BCUT2D eigenvalue weighted by molar-refractivity contribution is 5.68. The van der Waals surface area contributed by atoms with Gasteiger partial charge in [0.05, 0.1) is 6.61 Å². The molecular formula is C31H51N5O11. The summed E-state index contributed by atoms with van der Waals surface area (Å²) < 4.78 is 57.1. The predicted molar refractivity (Wildman–Crippen MR) is 163 cm³/mol. The van der Waals surface area contributed by atoms with E-state index >= 15 is 0 Å². The van der Waals surface area contributed by atoms with Gasteiger partial charge in [0.25, 0.3) is 0 Å². The Balaban J connectivity index is 1.50. The standard InChI is InChI=1S/C31H51N5O11/c1-18(2)32-29(37)41-15-20-21(16-42-30(38)33-19(3)4)36(35-34-20)28-27(46-24-12-8-10-14-40-24)26(45-23-11-7-9-13-39-23)25-22(44-28)17-43-31(5,6)47-25/h18-19,22-28H,7-17H2,1-6H3,(H,32,37)(H,33,38)/t22-,23?,24?,25-,26+,27-,28-/m1/s1. The lowest BCUT2D eigenvalue weighted by atomic mass is 9.95. The van der Waals surface area contributed by atoms with Gasteiger partial charge >= 0.3 is 12.2 Å². The number of amides is 2. The number of hydrogen-bond acceptors (Lipinski definition) is 13. The minimum absolute atomic E-state index is 0.126. The van der Waals surface area contributed by atoms with Gasteiger partial charge in [-0.25, -0.2) is 14.3 Å². The Kier molecular flexibility index (Phi) is 12.3. The minimum Gasteiger partial charge on any atom is -0.443 e. The van der Waals surface area contributed by atoms with Crippen molar-refractivity contribution in [2.75, 3.05) is 19.8 Å². The molecule has 4 aliphatic heterocycles. The Hall–Kier alpha value is -2.60. The van der Waals surface area contributed by atoms with Gasteiger partial charge in [-0.3, -0.25) is 0 Å². The van der Waals surface area contributed by atoms with Gasteiger partial charge in [-0.15, -0.1) is 5.10 Å². The van der Waals surface area contributed by atoms with Gasteiger partial charge < -0.3 is 53.3 Å². The first kappa shape index (κ1) is 35.7. The van der Waals surface area contributed by atoms with E-state index in [0.29, 0.717) is 25.3 Å². The van der Waals surface area contributed by atoms with Crippen molar-refractivity contribution in [1.82, 2.24) is 25.6 Å². The third kappa shape index (κ3) is 9.74. The summed E-state index contributed by atoms with van der Waals surface area (Å²) >= 11 is 0. The summed E-state index contributed by atoms with van der Waals surface area (Å²) in [7, 11) is 0. The second-order valence-corrected chi connectivity index (χ2v) is 13.3. The number of hydrogen-bond donors (Lipinski definition) is 2. The molecule has 5 heterocycles. The molecule has 0 saturated carbocycles. The monoisotopic (exact) mass is 669 g/mol. The van der Waals surface area contributed by atoms with E-state index in [1.54, 1.807) is 0 Å². The Labute approximate surface area is 275 Å². The van der Waals surface area contributed by atoms with Gasteiger partial charge in [0, 0.05) is 25.3 Å². The van der Waals surface area contributed by atoms with Crippen molar-refractivity contribution in [1.29, 1.82) is 0 Å². The van der Waals surface area contributed by atoms with Crippen LogP contribution in [0.4, 0.5) is 9.59 Å². The van der Waals surface area contributed by atoms with Crippen LogP contribution in [0.15, 0.2) is 0 Å². The Bertz CT molecular complexity index is 1170. The lowest BCUT2D eigenvalue weighted by Crippen LogP contribution is -2.65. The molecule has 4 aliphatic rings. The lowest BCUT2D eigenvalue weighted by Gasteiger charge is -2.52. The number of rotatable bonds is 11. The van der Waals surface area contributed by atoms with Crippen molar-refractivity contribution in [2.45, 2.75) is 154 Å². The van der Waals surface area contributed by atoms with Crippen molar-refractivity contribution < 1.29 is 52.2 Å². The molecule has 0 radical (unpaired) electrons. The molecule has 0 bridgehead atoms. The van der Waals surface area contributed by atoms with E-state index in [4.69, 9.17) is 42.6 Å². The minimum atomic E-state index is -0.943. The largest absolute Gasteiger partial charge is 0.443 e. The van der Waals surface area contributed by atoms with E-state index < -0.39 is 61.2 Å². The summed E-state index contributed by atoms with van der Waals surface area (Å²) in [6.45, 7) is 11.9. The summed E-state index contributed by atoms with van der Waals surface area (Å²) in [4.78, 5) is 24.9. The molecule has 4 saturated heterocycles. The highest BCUT2D eigenvalue weighted by Gasteiger charge is 2.55. The smallest absolute Gasteiger partial charge is 0.407 e. The highest BCUT2D eigenvalue weighted by Crippen LogP contribution is 2.41. The third-order valence-corrected chi connectivity index (χ3v) is 8.12. The van der Waals surface area contributed by atoms with Crippen LogP contribution in [0.25, 0.3) is 0 Å². The van der Waals surface area contributed by atoms with E-state index in [9.17, 15) is 9.59 Å². The van der Waals surface area contributed by atoms with E-state index in [-0.39, 0.29) is 37.6 Å². The van der Waals surface area contributed by atoms with Gasteiger partial charge in [-0.1, -0.05) is 5.21 Å². The van der Waals surface area contributed by atoms with Gasteiger partial charge in [-0.2, -0.15) is 0 Å². The Morgan fingerprint density at radius 3 is 2.06 bits per heavy atom. The number of carbonyl (C=O) groups excluding carboxylic acids is 2. The molecule has 1 aromatic rings. The van der Waals surface area contributed by atoms with Gasteiger partial charge in [0.2, 0.25) is 0 Å². The summed E-state index contributed by atoms with van der Waals surface area (Å²) in [5.74, 6) is -0.893. The predicted octanol–water partition coefficient (Wildman–Crippen LogP) is 3.42. The first-order valence-corrected chi connectivity index (χ1v) is 16.8. The first-order chi connectivity index (χ1) is 22.5. The second kappa shape index (κ2) is 16.2. The van der Waals surface area contributed by atoms with Crippen molar-refractivity contribution in [2.24, 2.45) is 0 Å². The fraction of sp³-hybridized carbons (Fsp3) is 0.871. The molecule has 16 nitrogen and oxygen atoms in total. The molecule has 47 heavy (non-hydrogen) atoms. The van der Waals surface area contributed by atoms with Crippen LogP contribution in [0.1, 0.15) is 97.7 Å². The Morgan fingerprint density at radius 1 is 0.894 bits per heavy atom. The number of nitrogens with zero attached hydrogens (tertiary/aromatic N) is 3. The number of ether oxygens (including phenoxy) is 9. The molecule has 2 N–H and O–H groups in total. The van der Waals surface area contributed by atoms with Crippen LogP contribution in [-0.4, -0.2) is 102 Å². The zero-order valence-corrected chi connectivity index (χ0v) is 28.3. The maximum Gasteiger partial charge on any atom is 0.407 e. The fourth-order valence-corrected chi connectivity index (χ4v) is 5.93. The molecule has 1 aromatic heterocycles. The summed E-state index contributed by atoms with van der Waals surface area (Å²) in [6.07, 6.45) is -0.617. The third-order valence-electron chi connectivity index (χ3n) is 8.12. The number of alkyl carbamates (subject to hydrolysis) is 2. The van der Waals surface area contributed by atoms with Crippen molar-refractivity contribution in [3.8, 4) is 0 Å². The number of carbonyl (C=O) groups is 2. The van der Waals surface area contributed by atoms with Gasteiger partial charge in [-0.05, 0) is 80.1 Å². The van der Waals surface area contributed by atoms with Crippen LogP contribution >= 0.6 is 0 Å². The molecule has 266 valence electrons. The zero-order valence-electron chi connectivity index (χ0n) is 28.3. The topological polar surface area (TPSA) is 172 Å². The average molecular weight is 670 g/mol. The van der Waals surface area contributed by atoms with E-state index in [1.165, 1.54) is 4.68 Å². The molecular weight excluding hydrogens is 618 g/mol. The second-order valence-electron chi connectivity index (χ2n) is 13.3. The maximum atomic E-state index is 12.6. The Morgan fingerprint density at radius 2 is 1.49 bits per heavy atom. The number of aromatic nitrogens is 3. The molecule has 0 aliphatic carbocycles. The molecule has 2 amide bonds. The highest BCUT2D eigenvalue weighted by atomic mass is 16.8. The normalized spacial score (nSPS) is 30.9. The molecule has 4 fully saturated rings. The van der Waals surface area contributed by atoms with Crippen LogP contribution in [-0.2, 0) is 55.8 Å². The molecule has 0 spiro atoms. The molecule has 5 rings (SSSR count). The van der Waals surface area contributed by atoms with Crippen molar-refractivity contribution in [3.05, 3.63) is 11.4 Å². The fourth-order valence-electron chi connectivity index (χ4n) is 5.93. The van der Waals surface area contributed by atoms with E-state index in [0.717, 1.165) is 32.1 Å². The SMILES string of the molecule is CC(C)NC(=O)OCc1nnn([C@@H]2O[C@@H]3COC(C)(C)O[C@H]3[C@H](OC3CCCCO3)[C@H]2OC2CCCCO2)c1COC(=O)NC(C)C. The summed E-state index contributed by atoms with van der Waals surface area (Å²) in [5, 5.41) is 14.2. The quantitative estimate of drug-likeness (QED) is 0.351. The van der Waals surface area contributed by atoms with E-state index in [1.807, 2.05) is 41.5 Å². The van der Waals surface area contributed by atoms with E-state index in [2.05, 4.69) is 20.9 Å². The van der Waals surface area contributed by atoms with Crippen molar-refractivity contribution >= 4 is 12.2 Å². The van der Waals surface area contributed by atoms with Crippen LogP contribution in [0, 0.1) is 0 Å². The maximum absolute atomic E-state index is 12.6. The molecule has 2 unspecified atom stereocenters. The summed E-state index contributed by atoms with van der Waals surface area (Å²) in [5.41, 5.74) is 0.638. The first-order valence-electron chi connectivity index (χ1n) is 16.8. The van der Waals surface area contributed by atoms with Gasteiger partial charge in [0.1, 0.15) is 49.0 Å². The number of nitrogens with one attached hydrogen (secondary N) is 2. The van der Waals surface area contributed by atoms with Crippen molar-refractivity contribution in [3.63, 3.8) is 0 Å².